The van der Waals surface area contributed by atoms with Crippen LogP contribution in [0.2, 0.25) is 0 Å². The van der Waals surface area contributed by atoms with E-state index in [9.17, 15) is 35.5 Å². The van der Waals surface area contributed by atoms with Gasteiger partial charge in [-0.1, -0.05) is 0 Å². The molecular weight excluding hydrogens is 299 g/mol. The molecule has 0 saturated carbocycles. The van der Waals surface area contributed by atoms with Gasteiger partial charge in [0.15, 0.2) is 0 Å². The Hall–Kier alpha value is -1.81. The number of aromatic nitrogens is 2. The number of carbonyl (C=O) groups excluding carboxylic acids is 1. The van der Waals surface area contributed by atoms with Gasteiger partial charge in [-0.15, -0.1) is 0 Å². The van der Waals surface area contributed by atoms with Gasteiger partial charge < -0.3 is 5.32 Å². The lowest BCUT2D eigenvalue weighted by molar-refractivity contribution is -0.343. The monoisotopic (exact) mass is 307 g/mol. The van der Waals surface area contributed by atoms with Crippen molar-refractivity contribution in [3.63, 3.8) is 0 Å². The third kappa shape index (κ3) is 2.43. The first-order valence-corrected chi connectivity index (χ1v) is 4.94. The maximum atomic E-state index is 13.0. The standard InChI is InChI=1S/C9H8F7N3O/c1-4-5(3-17-19(4)2)18-6(20)7(10,11)8(12,13)9(14,15)16/h3H,1-2H3,(H,18,20). The lowest BCUT2D eigenvalue weighted by Crippen LogP contribution is -2.57. The highest BCUT2D eigenvalue weighted by Crippen LogP contribution is 2.46. The van der Waals surface area contributed by atoms with Crippen LogP contribution < -0.4 is 5.32 Å². The van der Waals surface area contributed by atoms with Crippen molar-refractivity contribution in [2.24, 2.45) is 7.05 Å². The number of rotatable bonds is 3. The molecule has 0 spiro atoms. The first-order chi connectivity index (χ1) is 8.82. The molecule has 1 rings (SSSR count). The van der Waals surface area contributed by atoms with Gasteiger partial charge in [0.1, 0.15) is 0 Å². The van der Waals surface area contributed by atoms with Gasteiger partial charge >= 0.3 is 23.9 Å². The third-order valence-electron chi connectivity index (χ3n) is 2.52. The van der Waals surface area contributed by atoms with Crippen LogP contribution >= 0.6 is 0 Å². The van der Waals surface area contributed by atoms with E-state index in [1.165, 1.54) is 19.3 Å². The molecule has 1 aromatic rings. The number of anilines is 1. The van der Waals surface area contributed by atoms with Crippen molar-refractivity contribution in [3.05, 3.63) is 11.9 Å². The van der Waals surface area contributed by atoms with Gasteiger partial charge in [-0.2, -0.15) is 35.8 Å². The topological polar surface area (TPSA) is 46.9 Å². The number of hydrogen-bond donors (Lipinski definition) is 1. The second kappa shape index (κ2) is 4.63. The van der Waals surface area contributed by atoms with Crippen LogP contribution in [0.4, 0.5) is 36.4 Å². The molecule has 0 saturated heterocycles. The van der Waals surface area contributed by atoms with Crippen molar-refractivity contribution in [1.29, 1.82) is 0 Å². The molecule has 4 nitrogen and oxygen atoms in total. The average Bonchev–Trinajstić information content (AvgIpc) is 2.59. The minimum atomic E-state index is -6.56. The minimum Gasteiger partial charge on any atom is -0.318 e. The molecular formula is C9H8F7N3O. The van der Waals surface area contributed by atoms with E-state index in [4.69, 9.17) is 0 Å². The zero-order valence-corrected chi connectivity index (χ0v) is 10.0. The highest BCUT2D eigenvalue weighted by atomic mass is 19.4. The Labute approximate surface area is 107 Å². The number of amides is 1. The van der Waals surface area contributed by atoms with Gasteiger partial charge in [0, 0.05) is 7.05 Å². The van der Waals surface area contributed by atoms with E-state index in [-0.39, 0.29) is 5.69 Å². The summed E-state index contributed by atoms with van der Waals surface area (Å²) in [6.07, 6.45) is -5.72. The Morgan fingerprint density at radius 2 is 1.70 bits per heavy atom. The second-order valence-corrected chi connectivity index (χ2v) is 3.87. The number of halogens is 7. The van der Waals surface area contributed by atoms with Crippen LogP contribution in [0.25, 0.3) is 0 Å². The number of aryl methyl sites for hydroxylation is 1. The van der Waals surface area contributed by atoms with Crippen LogP contribution in [-0.4, -0.2) is 33.7 Å². The average molecular weight is 307 g/mol. The van der Waals surface area contributed by atoms with Gasteiger partial charge in [0.05, 0.1) is 17.6 Å². The van der Waals surface area contributed by atoms with Gasteiger partial charge in [-0.05, 0) is 6.92 Å². The molecule has 0 bridgehead atoms. The summed E-state index contributed by atoms with van der Waals surface area (Å²) in [5.41, 5.74) is -0.292. The molecule has 0 aromatic carbocycles. The highest BCUT2D eigenvalue weighted by molar-refractivity contribution is 5.97. The Balaban J connectivity index is 3.05. The lowest BCUT2D eigenvalue weighted by atomic mass is 10.1. The number of nitrogens with zero attached hydrogens (tertiary/aromatic N) is 2. The van der Waals surface area contributed by atoms with Crippen LogP contribution in [0.15, 0.2) is 6.20 Å². The SMILES string of the molecule is Cc1c(NC(=O)C(F)(F)C(F)(F)C(F)(F)F)cnn1C. The van der Waals surface area contributed by atoms with Gasteiger partial charge in [0.25, 0.3) is 0 Å². The van der Waals surface area contributed by atoms with Crippen molar-refractivity contribution in [2.75, 3.05) is 5.32 Å². The van der Waals surface area contributed by atoms with E-state index in [0.29, 0.717) is 0 Å². The fourth-order valence-electron chi connectivity index (χ4n) is 1.14. The molecule has 0 aliphatic rings. The number of carbonyl (C=O) groups is 1. The highest BCUT2D eigenvalue weighted by Gasteiger charge is 2.76. The molecule has 20 heavy (non-hydrogen) atoms. The Morgan fingerprint density at radius 3 is 2.05 bits per heavy atom. The lowest BCUT2D eigenvalue weighted by Gasteiger charge is -2.26. The van der Waals surface area contributed by atoms with Crippen molar-refractivity contribution < 1.29 is 35.5 Å². The summed E-state index contributed by atoms with van der Waals surface area (Å²) in [4.78, 5) is 11.0. The third-order valence-corrected chi connectivity index (χ3v) is 2.52. The van der Waals surface area contributed by atoms with Crippen LogP contribution in [0.1, 0.15) is 5.69 Å². The van der Waals surface area contributed by atoms with Crippen molar-refractivity contribution in [2.45, 2.75) is 24.9 Å². The summed E-state index contributed by atoms with van der Waals surface area (Å²) in [5, 5.41) is 4.81. The molecule has 0 aliphatic carbocycles. The van der Waals surface area contributed by atoms with E-state index >= 15 is 0 Å². The molecule has 0 aliphatic heterocycles. The predicted octanol–water partition coefficient (Wildman–Crippen LogP) is 2.50. The van der Waals surface area contributed by atoms with Crippen molar-refractivity contribution >= 4 is 11.6 Å². The van der Waals surface area contributed by atoms with E-state index in [1.54, 1.807) is 0 Å². The first-order valence-electron chi connectivity index (χ1n) is 4.94. The molecule has 0 unspecified atom stereocenters. The van der Waals surface area contributed by atoms with Crippen LogP contribution in [0, 0.1) is 6.92 Å². The molecule has 1 aromatic heterocycles. The zero-order chi connectivity index (χ0) is 15.9. The fraction of sp³-hybridized carbons (Fsp3) is 0.556. The van der Waals surface area contributed by atoms with Crippen LogP contribution in [0.5, 0.6) is 0 Å². The molecule has 11 heteroatoms. The second-order valence-electron chi connectivity index (χ2n) is 3.87. The molecule has 0 fully saturated rings. The zero-order valence-electron chi connectivity index (χ0n) is 10.0. The molecule has 0 radical (unpaired) electrons. The predicted molar refractivity (Wildman–Crippen MR) is 52.5 cm³/mol. The van der Waals surface area contributed by atoms with Crippen molar-refractivity contribution in [1.82, 2.24) is 9.78 Å². The van der Waals surface area contributed by atoms with Gasteiger partial charge in [-0.3, -0.25) is 9.48 Å². The summed E-state index contributed by atoms with van der Waals surface area (Å²) < 4.78 is 88.0. The van der Waals surface area contributed by atoms with Gasteiger partial charge in [0.2, 0.25) is 0 Å². The van der Waals surface area contributed by atoms with E-state index in [0.717, 1.165) is 10.9 Å². The normalized spacial score (nSPS) is 13.4. The van der Waals surface area contributed by atoms with Gasteiger partial charge in [-0.25, -0.2) is 0 Å². The van der Waals surface area contributed by atoms with E-state index in [2.05, 4.69) is 5.10 Å². The maximum absolute atomic E-state index is 13.0. The van der Waals surface area contributed by atoms with Crippen molar-refractivity contribution in [3.8, 4) is 0 Å². The Morgan fingerprint density at radius 1 is 1.20 bits per heavy atom. The smallest absolute Gasteiger partial charge is 0.318 e. The van der Waals surface area contributed by atoms with Crippen LogP contribution in [0.3, 0.4) is 0 Å². The summed E-state index contributed by atoms with van der Waals surface area (Å²) in [6, 6.07) is 0. The van der Waals surface area contributed by atoms with E-state index < -0.39 is 29.6 Å². The quantitative estimate of drug-likeness (QED) is 0.872. The molecule has 1 amide bonds. The number of nitrogens with one attached hydrogen (secondary N) is 1. The minimum absolute atomic E-state index is 0.101. The van der Waals surface area contributed by atoms with Crippen LogP contribution in [-0.2, 0) is 11.8 Å². The number of alkyl halides is 7. The van der Waals surface area contributed by atoms with E-state index in [1.807, 2.05) is 0 Å². The molecule has 0 atom stereocenters. The fourth-order valence-corrected chi connectivity index (χ4v) is 1.14. The molecule has 114 valence electrons. The molecule has 1 N–H and O–H groups in total. The maximum Gasteiger partial charge on any atom is 0.460 e. The summed E-state index contributed by atoms with van der Waals surface area (Å²) in [7, 11) is 1.35. The molecule has 1 heterocycles. The summed E-state index contributed by atoms with van der Waals surface area (Å²) in [5.74, 6) is -15.2. The number of hydrogen-bond acceptors (Lipinski definition) is 2. The Kier molecular flexibility index (Phi) is 3.76. The first kappa shape index (κ1) is 16.2. The Bertz CT molecular complexity index is 520. The summed E-state index contributed by atoms with van der Waals surface area (Å²) in [6.45, 7) is 1.29. The largest absolute Gasteiger partial charge is 0.460 e. The summed E-state index contributed by atoms with van der Waals surface area (Å²) >= 11 is 0.